The van der Waals surface area contributed by atoms with Crippen molar-refractivity contribution >= 4 is 10.0 Å². The van der Waals surface area contributed by atoms with Crippen molar-refractivity contribution in [3.05, 3.63) is 29.6 Å². The largest absolute Gasteiger partial charge is 0.324 e. The molecular formula is C14H19F3N2O2S. The van der Waals surface area contributed by atoms with Crippen LogP contribution in [0.1, 0.15) is 38.5 Å². The molecule has 0 atom stereocenters. The van der Waals surface area contributed by atoms with E-state index in [9.17, 15) is 21.6 Å². The third-order valence-electron chi connectivity index (χ3n) is 4.00. The number of sulfonamides is 1. The van der Waals surface area contributed by atoms with Gasteiger partial charge in [-0.15, -0.1) is 0 Å². The van der Waals surface area contributed by atoms with Crippen LogP contribution in [0.2, 0.25) is 0 Å². The number of rotatable bonds is 4. The molecule has 0 radical (unpaired) electrons. The van der Waals surface area contributed by atoms with E-state index in [1.54, 1.807) is 0 Å². The minimum atomic E-state index is -4.29. The molecule has 1 aromatic rings. The molecule has 1 aliphatic rings. The molecular weight excluding hydrogens is 317 g/mol. The Balaban J connectivity index is 2.16. The number of halogens is 3. The van der Waals surface area contributed by atoms with Crippen LogP contribution in [0.4, 0.5) is 13.2 Å². The van der Waals surface area contributed by atoms with Crippen LogP contribution >= 0.6 is 0 Å². The fraction of sp³-hybridized carbons (Fsp3) is 0.571. The van der Waals surface area contributed by atoms with Gasteiger partial charge in [-0.25, -0.2) is 26.3 Å². The first-order valence-electron chi connectivity index (χ1n) is 7.17. The molecule has 0 unspecified atom stereocenters. The molecule has 4 nitrogen and oxygen atoms in total. The third kappa shape index (κ3) is 3.80. The standard InChI is InChI=1S/C14H19F3N2O2S/c15-10-5-6-11(13(17)12(10)16)22(20,21)19-9-14(18)7-3-1-2-4-8-14/h5-6,19H,1-4,7-9,18H2. The molecule has 0 aliphatic heterocycles. The van der Waals surface area contributed by atoms with E-state index >= 15 is 0 Å². The highest BCUT2D eigenvalue weighted by Gasteiger charge is 2.30. The lowest BCUT2D eigenvalue weighted by Crippen LogP contribution is -2.49. The second-order valence-corrected chi connectivity index (χ2v) is 7.51. The molecule has 1 aromatic carbocycles. The maximum absolute atomic E-state index is 13.6. The summed E-state index contributed by atoms with van der Waals surface area (Å²) in [6, 6.07) is 1.28. The minimum Gasteiger partial charge on any atom is -0.324 e. The summed E-state index contributed by atoms with van der Waals surface area (Å²) in [5.41, 5.74) is 5.49. The van der Waals surface area contributed by atoms with Crippen LogP contribution in [-0.2, 0) is 10.0 Å². The lowest BCUT2D eigenvalue weighted by Gasteiger charge is -2.28. The zero-order chi connectivity index (χ0) is 16.4. The molecule has 0 bridgehead atoms. The number of hydrogen-bond donors (Lipinski definition) is 2. The summed E-state index contributed by atoms with van der Waals surface area (Å²) in [5.74, 6) is -4.96. The minimum absolute atomic E-state index is 0.0617. The van der Waals surface area contributed by atoms with Gasteiger partial charge in [0.15, 0.2) is 17.5 Å². The Morgan fingerprint density at radius 3 is 2.23 bits per heavy atom. The maximum Gasteiger partial charge on any atom is 0.243 e. The van der Waals surface area contributed by atoms with Crippen molar-refractivity contribution in [1.29, 1.82) is 0 Å². The van der Waals surface area contributed by atoms with Gasteiger partial charge in [0, 0.05) is 12.1 Å². The lowest BCUT2D eigenvalue weighted by molar-refractivity contribution is 0.368. The molecule has 0 spiro atoms. The van der Waals surface area contributed by atoms with E-state index in [-0.39, 0.29) is 6.54 Å². The molecule has 2 rings (SSSR count). The molecule has 124 valence electrons. The van der Waals surface area contributed by atoms with E-state index in [2.05, 4.69) is 4.72 Å². The molecule has 0 heterocycles. The van der Waals surface area contributed by atoms with Crippen LogP contribution in [0.15, 0.2) is 17.0 Å². The Kier molecular flexibility index (Phi) is 5.14. The first-order chi connectivity index (χ1) is 10.3. The fourth-order valence-electron chi connectivity index (χ4n) is 2.64. The van der Waals surface area contributed by atoms with Crippen molar-refractivity contribution in [2.45, 2.75) is 49.0 Å². The average Bonchev–Trinajstić information content (AvgIpc) is 2.68. The zero-order valence-corrected chi connectivity index (χ0v) is 12.9. The molecule has 1 aliphatic carbocycles. The number of hydrogen-bond acceptors (Lipinski definition) is 3. The van der Waals surface area contributed by atoms with Crippen molar-refractivity contribution < 1.29 is 21.6 Å². The van der Waals surface area contributed by atoms with Crippen molar-refractivity contribution in [3.63, 3.8) is 0 Å². The van der Waals surface area contributed by atoms with Gasteiger partial charge in [0.25, 0.3) is 0 Å². The molecule has 0 amide bonds. The second-order valence-electron chi connectivity index (χ2n) is 5.77. The summed E-state index contributed by atoms with van der Waals surface area (Å²) in [4.78, 5) is -0.913. The van der Waals surface area contributed by atoms with Gasteiger partial charge in [-0.3, -0.25) is 0 Å². The molecule has 1 saturated carbocycles. The monoisotopic (exact) mass is 336 g/mol. The summed E-state index contributed by atoms with van der Waals surface area (Å²) in [7, 11) is -4.29. The van der Waals surface area contributed by atoms with Gasteiger partial charge < -0.3 is 5.73 Å². The molecule has 22 heavy (non-hydrogen) atoms. The Morgan fingerprint density at radius 1 is 1.05 bits per heavy atom. The smallest absolute Gasteiger partial charge is 0.243 e. The number of benzene rings is 1. The van der Waals surface area contributed by atoms with Crippen molar-refractivity contribution in [2.75, 3.05) is 6.54 Å². The number of nitrogens with one attached hydrogen (secondary N) is 1. The Labute approximate surface area is 127 Å². The van der Waals surface area contributed by atoms with Crippen LogP contribution in [0.3, 0.4) is 0 Å². The second kappa shape index (κ2) is 6.55. The van der Waals surface area contributed by atoms with Gasteiger partial charge >= 0.3 is 0 Å². The average molecular weight is 336 g/mol. The predicted octanol–water partition coefficient (Wildman–Crippen LogP) is 2.43. The molecule has 0 saturated heterocycles. The Bertz CT molecular complexity index is 642. The van der Waals surface area contributed by atoms with E-state index in [4.69, 9.17) is 5.73 Å². The van der Waals surface area contributed by atoms with E-state index in [1.807, 2.05) is 0 Å². The van der Waals surface area contributed by atoms with Gasteiger partial charge in [-0.1, -0.05) is 25.7 Å². The van der Waals surface area contributed by atoms with Gasteiger partial charge in [-0.05, 0) is 25.0 Å². The van der Waals surface area contributed by atoms with Crippen LogP contribution in [0, 0.1) is 17.5 Å². The maximum atomic E-state index is 13.6. The highest BCUT2D eigenvalue weighted by molar-refractivity contribution is 7.89. The summed E-state index contributed by atoms with van der Waals surface area (Å²) in [5, 5.41) is 0. The van der Waals surface area contributed by atoms with E-state index < -0.39 is 37.9 Å². The van der Waals surface area contributed by atoms with Crippen molar-refractivity contribution in [3.8, 4) is 0 Å². The first-order valence-corrected chi connectivity index (χ1v) is 8.66. The van der Waals surface area contributed by atoms with Gasteiger partial charge in [0.2, 0.25) is 10.0 Å². The van der Waals surface area contributed by atoms with E-state index in [0.717, 1.165) is 25.7 Å². The molecule has 1 fully saturated rings. The Morgan fingerprint density at radius 2 is 1.64 bits per heavy atom. The quantitative estimate of drug-likeness (QED) is 0.655. The first kappa shape index (κ1) is 17.2. The molecule has 3 N–H and O–H groups in total. The summed E-state index contributed by atoms with van der Waals surface area (Å²) in [6.45, 7) is -0.0617. The normalized spacial score (nSPS) is 18.9. The van der Waals surface area contributed by atoms with Crippen LogP contribution < -0.4 is 10.5 Å². The van der Waals surface area contributed by atoms with Gasteiger partial charge in [0.05, 0.1) is 0 Å². The fourth-order valence-corrected chi connectivity index (χ4v) is 3.85. The predicted molar refractivity (Wildman–Crippen MR) is 76.1 cm³/mol. The van der Waals surface area contributed by atoms with Crippen LogP contribution in [-0.4, -0.2) is 20.5 Å². The zero-order valence-electron chi connectivity index (χ0n) is 12.0. The highest BCUT2D eigenvalue weighted by Crippen LogP contribution is 2.25. The topological polar surface area (TPSA) is 72.2 Å². The van der Waals surface area contributed by atoms with Crippen LogP contribution in [0.5, 0.6) is 0 Å². The van der Waals surface area contributed by atoms with E-state index in [0.29, 0.717) is 25.0 Å². The molecule has 0 aromatic heterocycles. The van der Waals surface area contributed by atoms with Crippen molar-refractivity contribution in [1.82, 2.24) is 4.72 Å². The number of nitrogens with two attached hydrogens (primary N) is 1. The SMILES string of the molecule is NC1(CNS(=O)(=O)c2ccc(F)c(F)c2F)CCCCCC1. The summed E-state index contributed by atoms with van der Waals surface area (Å²) >= 11 is 0. The van der Waals surface area contributed by atoms with Crippen molar-refractivity contribution in [2.24, 2.45) is 5.73 Å². The highest BCUT2D eigenvalue weighted by atomic mass is 32.2. The summed E-state index contributed by atoms with van der Waals surface area (Å²) < 4.78 is 66.1. The lowest BCUT2D eigenvalue weighted by atomic mass is 9.92. The summed E-state index contributed by atoms with van der Waals surface area (Å²) in [6.07, 6.45) is 5.22. The third-order valence-corrected chi connectivity index (χ3v) is 5.42. The van der Waals surface area contributed by atoms with Gasteiger partial charge in [0.1, 0.15) is 4.90 Å². The van der Waals surface area contributed by atoms with E-state index in [1.165, 1.54) is 0 Å². The molecule has 8 heteroatoms. The van der Waals surface area contributed by atoms with Gasteiger partial charge in [-0.2, -0.15) is 0 Å². The Hall–Kier alpha value is -1.12. The van der Waals surface area contributed by atoms with Crippen LogP contribution in [0.25, 0.3) is 0 Å².